The molecule has 0 radical (unpaired) electrons. The lowest BCUT2D eigenvalue weighted by Crippen LogP contribution is -2.42. The minimum Gasteiger partial charge on any atom is -0.496 e. The van der Waals surface area contributed by atoms with Crippen molar-refractivity contribution in [3.8, 4) is 17.2 Å². The van der Waals surface area contributed by atoms with E-state index in [9.17, 15) is 14.4 Å². The third-order valence-electron chi connectivity index (χ3n) is 6.35. The van der Waals surface area contributed by atoms with Crippen LogP contribution in [-0.2, 0) is 23.7 Å². The van der Waals surface area contributed by atoms with Crippen LogP contribution in [0.2, 0.25) is 0 Å². The fourth-order valence-corrected chi connectivity index (χ4v) is 4.33. The number of rotatable bonds is 11. The lowest BCUT2D eigenvalue weighted by Gasteiger charge is -2.24. The fraction of sp³-hybridized carbons (Fsp3) is 0.300. The van der Waals surface area contributed by atoms with Gasteiger partial charge in [-0.3, -0.25) is 0 Å². The van der Waals surface area contributed by atoms with Gasteiger partial charge in [0.25, 0.3) is 0 Å². The van der Waals surface area contributed by atoms with Gasteiger partial charge in [-0.05, 0) is 36.4 Å². The van der Waals surface area contributed by atoms with E-state index in [0.717, 1.165) is 0 Å². The predicted octanol–water partition coefficient (Wildman–Crippen LogP) is 3.69. The normalized spacial score (nSPS) is 19.6. The molecule has 4 atom stereocenters. The maximum Gasteiger partial charge on any atom is 0.342 e. The second kappa shape index (κ2) is 13.6. The molecule has 0 amide bonds. The molecule has 0 aliphatic carbocycles. The number of ether oxygens (including phenoxy) is 8. The summed E-state index contributed by atoms with van der Waals surface area (Å²) in [5.74, 6) is -1.33. The smallest absolute Gasteiger partial charge is 0.342 e. The van der Waals surface area contributed by atoms with Gasteiger partial charge in [0.2, 0.25) is 0 Å². The number of carbonyl (C=O) groups excluding carboxylic acids is 3. The SMILES string of the molecule is COc1ccccc1C(=O)OC[C@@H]1O[C@H](OC)[C@@H](OC(=O)c2ccccc2OC)[C@@H]1OC(=O)c1ccccc1OC. The molecule has 11 nitrogen and oxygen atoms in total. The van der Waals surface area contributed by atoms with Gasteiger partial charge in [0.15, 0.2) is 18.5 Å². The molecule has 3 aromatic carbocycles. The van der Waals surface area contributed by atoms with Gasteiger partial charge in [0.1, 0.15) is 46.6 Å². The zero-order valence-corrected chi connectivity index (χ0v) is 22.9. The van der Waals surface area contributed by atoms with Gasteiger partial charge in [0, 0.05) is 7.11 Å². The van der Waals surface area contributed by atoms with Crippen molar-refractivity contribution in [2.45, 2.75) is 24.6 Å². The zero-order valence-electron chi connectivity index (χ0n) is 22.9. The summed E-state index contributed by atoms with van der Waals surface area (Å²) in [6.07, 6.45) is -4.68. The molecule has 0 bridgehead atoms. The average molecular weight is 567 g/mol. The van der Waals surface area contributed by atoms with E-state index in [-0.39, 0.29) is 34.8 Å². The highest BCUT2D eigenvalue weighted by Crippen LogP contribution is 2.32. The Morgan fingerprint density at radius 2 is 1.02 bits per heavy atom. The molecule has 11 heteroatoms. The molecule has 1 fully saturated rings. The molecule has 0 saturated carbocycles. The molecule has 0 unspecified atom stereocenters. The number of hydrogen-bond donors (Lipinski definition) is 0. The molecule has 1 aliphatic heterocycles. The molecule has 4 rings (SSSR count). The van der Waals surface area contributed by atoms with Gasteiger partial charge in [-0.15, -0.1) is 0 Å². The van der Waals surface area contributed by atoms with Gasteiger partial charge in [-0.25, -0.2) is 14.4 Å². The Hall–Kier alpha value is -4.61. The number of para-hydroxylation sites is 3. The van der Waals surface area contributed by atoms with Crippen molar-refractivity contribution in [3.63, 3.8) is 0 Å². The quantitative estimate of drug-likeness (QED) is 0.249. The van der Waals surface area contributed by atoms with Crippen LogP contribution in [0.25, 0.3) is 0 Å². The van der Waals surface area contributed by atoms with Crippen molar-refractivity contribution in [3.05, 3.63) is 89.5 Å². The summed E-state index contributed by atoms with van der Waals surface area (Å²) in [7, 11) is 5.62. The number of esters is 3. The van der Waals surface area contributed by atoms with Gasteiger partial charge >= 0.3 is 17.9 Å². The summed E-state index contributed by atoms with van der Waals surface area (Å²) < 4.78 is 44.3. The highest BCUT2D eigenvalue weighted by atomic mass is 16.7. The molecule has 216 valence electrons. The Kier molecular flexibility index (Phi) is 9.77. The molecule has 1 aliphatic rings. The largest absolute Gasteiger partial charge is 0.496 e. The average Bonchev–Trinajstić information content (AvgIpc) is 3.34. The molecule has 0 N–H and O–H groups in total. The first kappa shape index (κ1) is 29.4. The van der Waals surface area contributed by atoms with Crippen LogP contribution in [0.4, 0.5) is 0 Å². The van der Waals surface area contributed by atoms with Crippen molar-refractivity contribution < 1.29 is 52.3 Å². The van der Waals surface area contributed by atoms with Gasteiger partial charge in [-0.1, -0.05) is 36.4 Å². The van der Waals surface area contributed by atoms with E-state index in [4.69, 9.17) is 37.9 Å². The van der Waals surface area contributed by atoms with Crippen LogP contribution >= 0.6 is 0 Å². The first-order valence-corrected chi connectivity index (χ1v) is 12.6. The minimum absolute atomic E-state index is 0.135. The molecular formula is C30H30O11. The molecular weight excluding hydrogens is 536 g/mol. The summed E-state index contributed by atoms with van der Waals surface area (Å²) in [5.41, 5.74) is 0.471. The summed E-state index contributed by atoms with van der Waals surface area (Å²) in [6, 6.07) is 19.5. The third kappa shape index (κ3) is 6.59. The van der Waals surface area contributed by atoms with Crippen molar-refractivity contribution in [1.82, 2.24) is 0 Å². The summed E-state index contributed by atoms with van der Waals surface area (Å²) in [5, 5.41) is 0. The van der Waals surface area contributed by atoms with E-state index < -0.39 is 42.5 Å². The predicted molar refractivity (Wildman–Crippen MR) is 143 cm³/mol. The van der Waals surface area contributed by atoms with Gasteiger partial charge in [-0.2, -0.15) is 0 Å². The number of benzene rings is 3. The van der Waals surface area contributed by atoms with Crippen LogP contribution in [0.1, 0.15) is 31.1 Å². The Morgan fingerprint density at radius 1 is 0.610 bits per heavy atom. The van der Waals surface area contributed by atoms with E-state index in [0.29, 0.717) is 5.75 Å². The maximum atomic E-state index is 13.3. The highest BCUT2D eigenvalue weighted by molar-refractivity contribution is 5.94. The molecule has 0 spiro atoms. The summed E-state index contributed by atoms with van der Waals surface area (Å²) >= 11 is 0. The lowest BCUT2D eigenvalue weighted by molar-refractivity contribution is -0.155. The van der Waals surface area contributed by atoms with E-state index >= 15 is 0 Å². The molecule has 0 aromatic heterocycles. The zero-order chi connectivity index (χ0) is 29.4. The maximum absolute atomic E-state index is 13.3. The van der Waals surface area contributed by atoms with Crippen LogP contribution in [0.15, 0.2) is 72.8 Å². The number of hydrogen-bond acceptors (Lipinski definition) is 11. The van der Waals surface area contributed by atoms with Gasteiger partial charge in [0.05, 0.1) is 21.3 Å². The Labute approximate surface area is 236 Å². The van der Waals surface area contributed by atoms with E-state index in [2.05, 4.69) is 0 Å². The monoisotopic (exact) mass is 566 g/mol. The topological polar surface area (TPSA) is 125 Å². The second-order valence-corrected chi connectivity index (χ2v) is 8.72. The Bertz CT molecular complexity index is 1370. The van der Waals surface area contributed by atoms with Crippen LogP contribution in [0.3, 0.4) is 0 Å². The first-order chi connectivity index (χ1) is 19.9. The van der Waals surface area contributed by atoms with Crippen LogP contribution in [-0.4, -0.2) is 77.6 Å². The lowest BCUT2D eigenvalue weighted by atomic mass is 10.1. The standard InChI is InChI=1S/C30H30O11/c1-34-21-14-8-5-11-18(21)27(31)38-17-24-25(40-28(32)19-12-6-9-15-22(19)35-2)26(30(37-4)39-24)41-29(33)20-13-7-10-16-23(20)36-3/h5-16,24-26,30H,17H2,1-4H3/t24-,25+,26-,30-/m0/s1. The Morgan fingerprint density at radius 3 is 1.46 bits per heavy atom. The number of carbonyl (C=O) groups is 3. The second-order valence-electron chi connectivity index (χ2n) is 8.72. The van der Waals surface area contributed by atoms with Crippen LogP contribution < -0.4 is 14.2 Å². The van der Waals surface area contributed by atoms with Crippen molar-refractivity contribution in [1.29, 1.82) is 0 Å². The third-order valence-corrected chi connectivity index (χ3v) is 6.35. The first-order valence-electron chi connectivity index (χ1n) is 12.6. The van der Waals surface area contributed by atoms with E-state index in [1.807, 2.05) is 0 Å². The van der Waals surface area contributed by atoms with Gasteiger partial charge < -0.3 is 37.9 Å². The van der Waals surface area contributed by atoms with Crippen LogP contribution in [0.5, 0.6) is 17.2 Å². The van der Waals surface area contributed by atoms with Crippen molar-refractivity contribution in [2.24, 2.45) is 0 Å². The van der Waals surface area contributed by atoms with Crippen LogP contribution in [0, 0.1) is 0 Å². The molecule has 1 saturated heterocycles. The van der Waals surface area contributed by atoms with E-state index in [1.165, 1.54) is 40.6 Å². The van der Waals surface area contributed by atoms with E-state index in [1.54, 1.807) is 60.7 Å². The minimum atomic E-state index is -1.23. The molecule has 41 heavy (non-hydrogen) atoms. The molecule has 1 heterocycles. The summed E-state index contributed by atoms with van der Waals surface area (Å²) in [4.78, 5) is 39.3. The Balaban J connectivity index is 1.61. The van der Waals surface area contributed by atoms with Crippen molar-refractivity contribution >= 4 is 17.9 Å². The fourth-order valence-electron chi connectivity index (χ4n) is 4.33. The number of methoxy groups -OCH3 is 4. The molecule has 3 aromatic rings. The summed E-state index contributed by atoms with van der Waals surface area (Å²) in [6.45, 7) is -0.358. The highest BCUT2D eigenvalue weighted by Gasteiger charge is 2.51. The van der Waals surface area contributed by atoms with Crippen molar-refractivity contribution in [2.75, 3.05) is 35.0 Å².